The molecule has 0 amide bonds. The molecule has 0 atom stereocenters. The van der Waals surface area contributed by atoms with Crippen LogP contribution in [0.15, 0.2) is 47.6 Å². The first-order valence-corrected chi connectivity index (χ1v) is 8.42. The van der Waals surface area contributed by atoms with Gasteiger partial charge in [-0.2, -0.15) is 17.5 Å². The average molecular weight is 358 g/mol. The fraction of sp³-hybridized carbons (Fsp3) is 0.286. The van der Waals surface area contributed by atoms with Gasteiger partial charge in [0.15, 0.2) is 0 Å². The second-order valence-electron chi connectivity index (χ2n) is 5.26. The molecule has 1 aliphatic heterocycles. The van der Waals surface area contributed by atoms with E-state index in [1.54, 1.807) is 18.5 Å². The maximum atomic E-state index is 12.5. The molecule has 0 spiro atoms. The molecule has 1 N–H and O–H groups in total. The van der Waals surface area contributed by atoms with E-state index in [0.717, 1.165) is 24.3 Å². The van der Waals surface area contributed by atoms with E-state index in [1.807, 2.05) is 0 Å². The van der Waals surface area contributed by atoms with Crippen LogP contribution in [-0.4, -0.2) is 41.8 Å². The van der Waals surface area contributed by atoms with Crippen LogP contribution in [0.25, 0.3) is 0 Å². The van der Waals surface area contributed by atoms with Crippen LogP contribution in [0.4, 0.5) is 19.1 Å². The Balaban J connectivity index is 1.65. The third-order valence-corrected chi connectivity index (χ3v) is 5.41. The number of rotatable bonds is 4. The molecule has 2 heterocycles. The topological polar surface area (TPSA) is 75.2 Å². The summed E-state index contributed by atoms with van der Waals surface area (Å²) in [6, 6.07) is 4.99. The predicted molar refractivity (Wildman–Crippen MR) is 79.6 cm³/mol. The minimum Gasteiger partial charge on any atom is -0.349 e. The average Bonchev–Trinajstić information content (AvgIpc) is 2.50. The Morgan fingerprint density at radius 3 is 2.21 bits per heavy atom. The number of benzene rings is 1. The lowest BCUT2D eigenvalue weighted by Gasteiger charge is -2.38. The van der Waals surface area contributed by atoms with Gasteiger partial charge in [-0.05, 0) is 30.3 Å². The van der Waals surface area contributed by atoms with Crippen LogP contribution in [0.1, 0.15) is 5.56 Å². The molecular formula is C14H13F3N4O2S. The summed E-state index contributed by atoms with van der Waals surface area (Å²) < 4.78 is 63.5. The van der Waals surface area contributed by atoms with Gasteiger partial charge in [0.05, 0.1) is 16.5 Å². The zero-order valence-corrected chi connectivity index (χ0v) is 13.0. The zero-order valence-electron chi connectivity index (χ0n) is 12.2. The van der Waals surface area contributed by atoms with Crippen LogP contribution in [0, 0.1) is 0 Å². The largest absolute Gasteiger partial charge is 0.416 e. The summed E-state index contributed by atoms with van der Waals surface area (Å²) >= 11 is 0. The highest BCUT2D eigenvalue weighted by atomic mass is 32.2. The summed E-state index contributed by atoms with van der Waals surface area (Å²) in [5, 5.41) is 2.98. The first kappa shape index (κ1) is 16.7. The van der Waals surface area contributed by atoms with Gasteiger partial charge in [-0.15, -0.1) is 0 Å². The minimum atomic E-state index is -4.50. The fourth-order valence-corrected chi connectivity index (χ4v) is 3.78. The minimum absolute atomic E-state index is 0.142. The second kappa shape index (κ2) is 6.02. The monoisotopic (exact) mass is 358 g/mol. The molecular weight excluding hydrogens is 345 g/mol. The van der Waals surface area contributed by atoms with E-state index < -0.39 is 21.8 Å². The van der Waals surface area contributed by atoms with Crippen molar-refractivity contribution in [2.45, 2.75) is 17.1 Å². The van der Waals surface area contributed by atoms with Crippen LogP contribution in [-0.2, 0) is 16.2 Å². The highest BCUT2D eigenvalue weighted by Crippen LogP contribution is 2.31. The smallest absolute Gasteiger partial charge is 0.349 e. The lowest BCUT2D eigenvalue weighted by Crippen LogP contribution is -2.56. The molecule has 0 unspecified atom stereocenters. The quantitative estimate of drug-likeness (QED) is 0.905. The molecule has 0 radical (unpaired) electrons. The van der Waals surface area contributed by atoms with Gasteiger partial charge in [0.25, 0.3) is 0 Å². The van der Waals surface area contributed by atoms with Crippen molar-refractivity contribution >= 4 is 16.0 Å². The second-order valence-corrected chi connectivity index (χ2v) is 7.20. The van der Waals surface area contributed by atoms with Crippen molar-refractivity contribution in [2.75, 3.05) is 18.4 Å². The molecule has 24 heavy (non-hydrogen) atoms. The third-order valence-electron chi connectivity index (χ3n) is 3.57. The van der Waals surface area contributed by atoms with Gasteiger partial charge in [0, 0.05) is 25.5 Å². The maximum Gasteiger partial charge on any atom is 0.416 e. The Labute approximate surface area is 136 Å². The molecule has 1 fully saturated rings. The lowest BCUT2D eigenvalue weighted by molar-refractivity contribution is -0.137. The molecule has 2 aromatic rings. The zero-order chi connectivity index (χ0) is 17.4. The van der Waals surface area contributed by atoms with E-state index in [4.69, 9.17) is 0 Å². The van der Waals surface area contributed by atoms with Gasteiger partial charge in [-0.25, -0.2) is 18.4 Å². The normalized spacial score (nSPS) is 16.6. The molecule has 1 aromatic carbocycles. The SMILES string of the molecule is O=S(=O)(c1ccc(C(F)(F)F)cc1)N1CC(Nc2ncccn2)C1. The molecule has 6 nitrogen and oxygen atoms in total. The van der Waals surface area contributed by atoms with E-state index in [2.05, 4.69) is 15.3 Å². The summed E-state index contributed by atoms with van der Waals surface area (Å²) in [5.74, 6) is 0.397. The Bertz CT molecular complexity index is 804. The molecule has 0 bridgehead atoms. The number of hydrogen-bond donors (Lipinski definition) is 1. The van der Waals surface area contributed by atoms with Crippen molar-refractivity contribution in [2.24, 2.45) is 0 Å². The summed E-state index contributed by atoms with van der Waals surface area (Å²) in [5.41, 5.74) is -0.883. The Hall–Kier alpha value is -2.20. The van der Waals surface area contributed by atoms with Crippen LogP contribution >= 0.6 is 0 Å². The van der Waals surface area contributed by atoms with Gasteiger partial charge < -0.3 is 5.32 Å². The standard InChI is InChI=1S/C14H13F3N4O2S/c15-14(16,17)10-2-4-12(5-3-10)24(22,23)21-8-11(9-21)20-13-18-6-1-7-19-13/h1-7,11H,8-9H2,(H,18,19,20). The fourth-order valence-electron chi connectivity index (χ4n) is 2.25. The van der Waals surface area contributed by atoms with Crippen molar-refractivity contribution < 1.29 is 21.6 Å². The molecule has 1 saturated heterocycles. The molecule has 1 aromatic heterocycles. The van der Waals surface area contributed by atoms with Crippen molar-refractivity contribution in [3.63, 3.8) is 0 Å². The molecule has 1 aliphatic rings. The van der Waals surface area contributed by atoms with Gasteiger partial charge in [0.2, 0.25) is 16.0 Å². The number of alkyl halides is 3. The van der Waals surface area contributed by atoms with Crippen LogP contribution in [0.2, 0.25) is 0 Å². The van der Waals surface area contributed by atoms with Crippen molar-refractivity contribution in [1.82, 2.24) is 14.3 Å². The van der Waals surface area contributed by atoms with Crippen molar-refractivity contribution in [1.29, 1.82) is 0 Å². The van der Waals surface area contributed by atoms with Gasteiger partial charge in [0.1, 0.15) is 0 Å². The van der Waals surface area contributed by atoms with E-state index in [1.165, 1.54) is 4.31 Å². The first-order valence-electron chi connectivity index (χ1n) is 6.98. The summed E-state index contributed by atoms with van der Waals surface area (Å²) in [7, 11) is -3.80. The van der Waals surface area contributed by atoms with Crippen LogP contribution in [0.3, 0.4) is 0 Å². The van der Waals surface area contributed by atoms with E-state index in [0.29, 0.717) is 5.95 Å². The van der Waals surface area contributed by atoms with Gasteiger partial charge >= 0.3 is 6.18 Å². The Kier molecular flexibility index (Phi) is 4.18. The molecule has 3 rings (SSSR count). The first-order chi connectivity index (χ1) is 11.3. The summed E-state index contributed by atoms with van der Waals surface area (Å²) in [4.78, 5) is 7.80. The molecule has 10 heteroatoms. The van der Waals surface area contributed by atoms with Crippen molar-refractivity contribution in [3.05, 3.63) is 48.3 Å². The van der Waals surface area contributed by atoms with E-state index in [9.17, 15) is 21.6 Å². The maximum absolute atomic E-state index is 12.5. The number of nitrogens with one attached hydrogen (secondary N) is 1. The highest BCUT2D eigenvalue weighted by Gasteiger charge is 2.37. The molecule has 0 saturated carbocycles. The van der Waals surface area contributed by atoms with Crippen molar-refractivity contribution in [3.8, 4) is 0 Å². The molecule has 128 valence electrons. The van der Waals surface area contributed by atoms with E-state index >= 15 is 0 Å². The molecule has 0 aliphatic carbocycles. The number of halogens is 3. The Morgan fingerprint density at radius 2 is 1.67 bits per heavy atom. The number of anilines is 1. The third kappa shape index (κ3) is 3.34. The number of nitrogens with zero attached hydrogens (tertiary/aromatic N) is 3. The van der Waals surface area contributed by atoms with E-state index in [-0.39, 0.29) is 24.0 Å². The van der Waals surface area contributed by atoms with Gasteiger partial charge in [-0.1, -0.05) is 0 Å². The highest BCUT2D eigenvalue weighted by molar-refractivity contribution is 7.89. The lowest BCUT2D eigenvalue weighted by atomic mass is 10.2. The number of aromatic nitrogens is 2. The summed E-state index contributed by atoms with van der Waals surface area (Å²) in [6.45, 7) is 0.392. The Morgan fingerprint density at radius 1 is 1.08 bits per heavy atom. The summed E-state index contributed by atoms with van der Waals surface area (Å²) in [6.07, 6.45) is -1.38. The number of sulfonamides is 1. The van der Waals surface area contributed by atoms with Crippen LogP contribution in [0.5, 0.6) is 0 Å². The van der Waals surface area contributed by atoms with Crippen LogP contribution < -0.4 is 5.32 Å². The predicted octanol–water partition coefficient (Wildman–Crippen LogP) is 1.98. The number of hydrogen-bond acceptors (Lipinski definition) is 5. The van der Waals surface area contributed by atoms with Gasteiger partial charge in [-0.3, -0.25) is 0 Å².